The summed E-state index contributed by atoms with van der Waals surface area (Å²) in [4.78, 5) is 6.44. The Labute approximate surface area is 124 Å². The number of rotatable bonds is 5. The molecule has 0 spiro atoms. The van der Waals surface area contributed by atoms with Gasteiger partial charge in [-0.15, -0.1) is 11.3 Å². The summed E-state index contributed by atoms with van der Waals surface area (Å²) >= 11 is 4.11. The van der Waals surface area contributed by atoms with Gasteiger partial charge in [-0.3, -0.25) is 0 Å². The Morgan fingerprint density at radius 2 is 2.11 bits per heavy atom. The summed E-state index contributed by atoms with van der Waals surface area (Å²) < 4.78 is 0. The number of nitrogens with one attached hydrogen (secondary N) is 1. The van der Waals surface area contributed by atoms with Crippen LogP contribution in [0.5, 0.6) is 0 Å². The standard InChI is InChI=1S/C15H24N2S2/c1-2-16-12-8-5-9-13-15(12)19-14(17-13)10-18-11-6-3-4-7-11/h11-12,16H,2-10H2,1H3. The van der Waals surface area contributed by atoms with Crippen LogP contribution in [0.15, 0.2) is 0 Å². The molecule has 0 amide bonds. The van der Waals surface area contributed by atoms with Gasteiger partial charge in [-0.25, -0.2) is 4.98 Å². The minimum absolute atomic E-state index is 0.580. The molecular formula is C15H24N2S2. The molecule has 0 saturated heterocycles. The van der Waals surface area contributed by atoms with E-state index >= 15 is 0 Å². The smallest absolute Gasteiger partial charge is 0.103 e. The molecule has 1 N–H and O–H groups in total. The zero-order chi connectivity index (χ0) is 13.1. The monoisotopic (exact) mass is 296 g/mol. The zero-order valence-corrected chi connectivity index (χ0v) is 13.4. The fourth-order valence-corrected chi connectivity index (χ4v) is 5.79. The van der Waals surface area contributed by atoms with Crippen LogP contribution in [0.1, 0.15) is 67.1 Å². The molecular weight excluding hydrogens is 272 g/mol. The fourth-order valence-electron chi connectivity index (χ4n) is 3.22. The molecule has 1 aromatic heterocycles. The van der Waals surface area contributed by atoms with Gasteiger partial charge in [-0.2, -0.15) is 11.8 Å². The average molecular weight is 297 g/mol. The number of fused-ring (bicyclic) bond motifs is 1. The minimum atomic E-state index is 0.580. The Balaban J connectivity index is 1.63. The molecule has 1 heterocycles. The first kappa shape index (κ1) is 13.9. The Morgan fingerprint density at radius 1 is 1.26 bits per heavy atom. The molecule has 2 aliphatic rings. The van der Waals surface area contributed by atoms with E-state index in [-0.39, 0.29) is 0 Å². The van der Waals surface area contributed by atoms with Crippen LogP contribution >= 0.6 is 23.1 Å². The second-order valence-electron chi connectivity index (χ2n) is 5.64. The van der Waals surface area contributed by atoms with Crippen molar-refractivity contribution in [3.63, 3.8) is 0 Å². The molecule has 1 fully saturated rings. The van der Waals surface area contributed by atoms with Gasteiger partial charge in [0.1, 0.15) is 5.01 Å². The van der Waals surface area contributed by atoms with Crippen LogP contribution in [0, 0.1) is 0 Å². The van der Waals surface area contributed by atoms with Crippen LogP contribution < -0.4 is 5.32 Å². The van der Waals surface area contributed by atoms with E-state index in [9.17, 15) is 0 Å². The third-order valence-electron chi connectivity index (χ3n) is 4.19. The predicted octanol–water partition coefficient (Wildman–Crippen LogP) is 4.31. The van der Waals surface area contributed by atoms with Crippen molar-refractivity contribution in [1.82, 2.24) is 10.3 Å². The van der Waals surface area contributed by atoms with Gasteiger partial charge in [0.25, 0.3) is 0 Å². The van der Waals surface area contributed by atoms with Gasteiger partial charge in [-0.1, -0.05) is 19.8 Å². The lowest BCUT2D eigenvalue weighted by atomic mass is 9.98. The topological polar surface area (TPSA) is 24.9 Å². The molecule has 19 heavy (non-hydrogen) atoms. The number of thioether (sulfide) groups is 1. The quantitative estimate of drug-likeness (QED) is 0.876. The van der Waals surface area contributed by atoms with E-state index in [0.717, 1.165) is 17.5 Å². The highest BCUT2D eigenvalue weighted by Crippen LogP contribution is 2.37. The van der Waals surface area contributed by atoms with Crippen LogP contribution in [0.3, 0.4) is 0 Å². The second-order valence-corrected chi connectivity index (χ2v) is 8.04. The summed E-state index contributed by atoms with van der Waals surface area (Å²) in [5.41, 5.74) is 1.39. The van der Waals surface area contributed by atoms with Crippen LogP contribution in [-0.4, -0.2) is 16.8 Å². The molecule has 1 aromatic rings. The van der Waals surface area contributed by atoms with E-state index in [4.69, 9.17) is 4.98 Å². The van der Waals surface area contributed by atoms with Crippen molar-refractivity contribution in [2.75, 3.05) is 6.54 Å². The van der Waals surface area contributed by atoms with E-state index in [1.165, 1.54) is 60.5 Å². The van der Waals surface area contributed by atoms with Crippen molar-refractivity contribution in [2.45, 2.75) is 68.9 Å². The van der Waals surface area contributed by atoms with E-state index in [1.807, 2.05) is 11.3 Å². The summed E-state index contributed by atoms with van der Waals surface area (Å²) in [6.07, 6.45) is 9.51. The third-order valence-corrected chi connectivity index (χ3v) is 6.97. The average Bonchev–Trinajstić information content (AvgIpc) is 3.06. The molecule has 2 aliphatic carbocycles. The van der Waals surface area contributed by atoms with Gasteiger partial charge < -0.3 is 5.32 Å². The van der Waals surface area contributed by atoms with Gasteiger partial charge >= 0.3 is 0 Å². The Kier molecular flexibility index (Phi) is 4.83. The molecule has 1 unspecified atom stereocenters. The predicted molar refractivity (Wildman–Crippen MR) is 85.0 cm³/mol. The summed E-state index contributed by atoms with van der Waals surface area (Å²) in [5, 5.41) is 5.89. The Hall–Kier alpha value is -0.0600. The third kappa shape index (κ3) is 3.34. The first-order valence-electron chi connectivity index (χ1n) is 7.70. The summed E-state index contributed by atoms with van der Waals surface area (Å²) in [6, 6.07) is 0.580. The zero-order valence-electron chi connectivity index (χ0n) is 11.8. The number of hydrogen-bond donors (Lipinski definition) is 1. The largest absolute Gasteiger partial charge is 0.309 e. The van der Waals surface area contributed by atoms with Crippen LogP contribution in [-0.2, 0) is 12.2 Å². The summed E-state index contributed by atoms with van der Waals surface area (Å²) in [7, 11) is 0. The van der Waals surface area contributed by atoms with Crippen molar-refractivity contribution in [3.8, 4) is 0 Å². The fraction of sp³-hybridized carbons (Fsp3) is 0.800. The molecule has 106 valence electrons. The van der Waals surface area contributed by atoms with E-state index < -0.39 is 0 Å². The number of nitrogens with zero attached hydrogens (tertiary/aromatic N) is 1. The SMILES string of the molecule is CCNC1CCCc2nc(CSC3CCCC3)sc21. The van der Waals surface area contributed by atoms with E-state index in [2.05, 4.69) is 24.0 Å². The van der Waals surface area contributed by atoms with Crippen molar-refractivity contribution in [3.05, 3.63) is 15.6 Å². The molecule has 1 saturated carbocycles. The first-order valence-corrected chi connectivity index (χ1v) is 9.56. The molecule has 0 radical (unpaired) electrons. The van der Waals surface area contributed by atoms with Crippen molar-refractivity contribution in [1.29, 1.82) is 0 Å². The molecule has 0 aromatic carbocycles. The van der Waals surface area contributed by atoms with Crippen LogP contribution in [0.2, 0.25) is 0 Å². The molecule has 0 bridgehead atoms. The maximum Gasteiger partial charge on any atom is 0.103 e. The lowest BCUT2D eigenvalue weighted by molar-refractivity contribution is 0.476. The highest BCUT2D eigenvalue weighted by molar-refractivity contribution is 7.99. The number of thiazole rings is 1. The van der Waals surface area contributed by atoms with E-state index in [0.29, 0.717) is 6.04 Å². The van der Waals surface area contributed by atoms with Gasteiger partial charge in [0.05, 0.1) is 5.69 Å². The van der Waals surface area contributed by atoms with Gasteiger partial charge in [-0.05, 0) is 38.6 Å². The number of aryl methyl sites for hydroxylation is 1. The highest BCUT2D eigenvalue weighted by Gasteiger charge is 2.24. The van der Waals surface area contributed by atoms with Crippen LogP contribution in [0.4, 0.5) is 0 Å². The lowest BCUT2D eigenvalue weighted by Gasteiger charge is -2.21. The number of aromatic nitrogens is 1. The summed E-state index contributed by atoms with van der Waals surface area (Å²) in [5.74, 6) is 1.14. The Morgan fingerprint density at radius 3 is 2.89 bits per heavy atom. The van der Waals surface area contributed by atoms with Gasteiger partial charge in [0.15, 0.2) is 0 Å². The minimum Gasteiger partial charge on any atom is -0.309 e. The summed E-state index contributed by atoms with van der Waals surface area (Å²) in [6.45, 7) is 3.26. The maximum atomic E-state index is 4.90. The van der Waals surface area contributed by atoms with Crippen molar-refractivity contribution < 1.29 is 0 Å². The Bertz CT molecular complexity index is 410. The van der Waals surface area contributed by atoms with Gasteiger partial charge in [0, 0.05) is 21.9 Å². The maximum absolute atomic E-state index is 4.90. The van der Waals surface area contributed by atoms with Crippen molar-refractivity contribution >= 4 is 23.1 Å². The van der Waals surface area contributed by atoms with Crippen molar-refractivity contribution in [2.24, 2.45) is 0 Å². The molecule has 0 aliphatic heterocycles. The molecule has 1 atom stereocenters. The molecule has 2 nitrogen and oxygen atoms in total. The first-order chi connectivity index (χ1) is 9.36. The normalized spacial score (nSPS) is 23.7. The van der Waals surface area contributed by atoms with Crippen LogP contribution in [0.25, 0.3) is 0 Å². The second kappa shape index (κ2) is 6.59. The van der Waals surface area contributed by atoms with E-state index in [1.54, 1.807) is 0 Å². The lowest BCUT2D eigenvalue weighted by Crippen LogP contribution is -2.23. The molecule has 3 rings (SSSR count). The number of hydrogen-bond acceptors (Lipinski definition) is 4. The molecule has 4 heteroatoms. The van der Waals surface area contributed by atoms with Gasteiger partial charge in [0.2, 0.25) is 0 Å². The highest BCUT2D eigenvalue weighted by atomic mass is 32.2.